The van der Waals surface area contributed by atoms with Gasteiger partial charge in [0, 0.05) is 38.1 Å². The first-order valence-corrected chi connectivity index (χ1v) is 13.3. The van der Waals surface area contributed by atoms with E-state index in [1.807, 2.05) is 12.1 Å². The lowest BCUT2D eigenvalue weighted by Gasteiger charge is -2.14. The topological polar surface area (TPSA) is 30.2 Å². The van der Waals surface area contributed by atoms with E-state index in [0.29, 0.717) is 0 Å². The van der Waals surface area contributed by atoms with Gasteiger partial charge in [-0.2, -0.15) is 0 Å². The standard InChI is InChI=1S/C36H21N3/c1-2-9-23(10-3-1)34-28-13-4-6-15-30(28)37-36(38-34)24-18-20-32-29(21-24)26-14-8-11-22-17-19-27-25-12-5-7-16-31(25)39(32)35(27)33(22)26/h1-21H. The largest absolute Gasteiger partial charge is 0.308 e. The van der Waals surface area contributed by atoms with Gasteiger partial charge in [0.1, 0.15) is 0 Å². The zero-order valence-corrected chi connectivity index (χ0v) is 21.0. The molecular weight excluding hydrogens is 474 g/mol. The summed E-state index contributed by atoms with van der Waals surface area (Å²) < 4.78 is 2.44. The van der Waals surface area contributed by atoms with Crippen LogP contribution in [0.2, 0.25) is 0 Å². The molecule has 0 amide bonds. The molecule has 0 aliphatic heterocycles. The molecular formula is C36H21N3. The molecule has 39 heavy (non-hydrogen) atoms. The lowest BCUT2D eigenvalue weighted by molar-refractivity contribution is 1.23. The lowest BCUT2D eigenvalue weighted by Crippen LogP contribution is -1.96. The van der Waals surface area contributed by atoms with Gasteiger partial charge in [0.2, 0.25) is 0 Å². The maximum Gasteiger partial charge on any atom is 0.160 e. The molecule has 0 saturated heterocycles. The third-order valence-corrected chi connectivity index (χ3v) is 8.11. The minimum absolute atomic E-state index is 0.740. The van der Waals surface area contributed by atoms with E-state index in [1.54, 1.807) is 0 Å². The molecule has 3 heterocycles. The van der Waals surface area contributed by atoms with Crippen molar-refractivity contribution in [2.45, 2.75) is 0 Å². The molecule has 0 unspecified atom stereocenters. The van der Waals surface area contributed by atoms with E-state index in [1.165, 1.54) is 48.9 Å². The summed E-state index contributed by atoms with van der Waals surface area (Å²) in [6, 6.07) is 45.2. The number of rotatable bonds is 2. The molecule has 9 aromatic rings. The number of pyridine rings is 1. The van der Waals surface area contributed by atoms with Crippen molar-refractivity contribution in [1.82, 2.24) is 14.4 Å². The minimum Gasteiger partial charge on any atom is -0.308 e. The Morgan fingerprint density at radius 1 is 0.462 bits per heavy atom. The summed E-state index contributed by atoms with van der Waals surface area (Å²) in [7, 11) is 0. The Labute approximate surface area is 223 Å². The SMILES string of the molecule is c1ccc(-c2nc(-c3ccc4c(c3)c3cccc5ccc6c7ccccc7n4c6c53)nc3ccccc23)cc1. The van der Waals surface area contributed by atoms with Crippen molar-refractivity contribution in [2.24, 2.45) is 0 Å². The predicted octanol–water partition coefficient (Wildman–Crippen LogP) is 9.27. The Bertz CT molecular complexity index is 2380. The van der Waals surface area contributed by atoms with Gasteiger partial charge < -0.3 is 4.40 Å². The van der Waals surface area contributed by atoms with E-state index < -0.39 is 0 Å². The Balaban J connectivity index is 1.40. The Morgan fingerprint density at radius 3 is 2.15 bits per heavy atom. The van der Waals surface area contributed by atoms with Gasteiger partial charge in [-0.15, -0.1) is 0 Å². The summed E-state index contributed by atoms with van der Waals surface area (Å²) in [6.45, 7) is 0. The van der Waals surface area contributed by atoms with Crippen LogP contribution in [0.4, 0.5) is 0 Å². The first kappa shape index (κ1) is 20.7. The van der Waals surface area contributed by atoms with E-state index in [9.17, 15) is 0 Å². The second-order valence-corrected chi connectivity index (χ2v) is 10.2. The van der Waals surface area contributed by atoms with Gasteiger partial charge in [-0.05, 0) is 41.1 Å². The molecule has 3 nitrogen and oxygen atoms in total. The fourth-order valence-corrected chi connectivity index (χ4v) is 6.41. The second kappa shape index (κ2) is 7.62. The van der Waals surface area contributed by atoms with Gasteiger partial charge >= 0.3 is 0 Å². The Hall–Kier alpha value is -5.28. The van der Waals surface area contributed by atoms with E-state index in [4.69, 9.17) is 9.97 Å². The number of aromatic nitrogens is 3. The van der Waals surface area contributed by atoms with Gasteiger partial charge in [0.05, 0.1) is 27.8 Å². The molecule has 0 aliphatic rings. The number of fused-ring (bicyclic) bond motifs is 7. The van der Waals surface area contributed by atoms with Gasteiger partial charge in [-0.25, -0.2) is 9.97 Å². The van der Waals surface area contributed by atoms with Crippen LogP contribution in [-0.4, -0.2) is 14.4 Å². The fraction of sp³-hybridized carbons (Fsp3) is 0. The summed E-state index contributed by atoms with van der Waals surface area (Å²) >= 11 is 0. The third-order valence-electron chi connectivity index (χ3n) is 8.11. The van der Waals surface area contributed by atoms with Crippen LogP contribution in [0.25, 0.3) is 82.4 Å². The maximum atomic E-state index is 5.14. The summed E-state index contributed by atoms with van der Waals surface area (Å²) in [5, 5.41) is 8.67. The van der Waals surface area contributed by atoms with Crippen molar-refractivity contribution in [1.29, 1.82) is 0 Å². The highest BCUT2D eigenvalue weighted by Gasteiger charge is 2.19. The number of hydrogen-bond acceptors (Lipinski definition) is 2. The molecule has 0 aliphatic carbocycles. The Kier molecular flexibility index (Phi) is 4.05. The number of benzene rings is 6. The van der Waals surface area contributed by atoms with Crippen molar-refractivity contribution in [2.75, 3.05) is 0 Å². The molecule has 3 heteroatoms. The molecule has 180 valence electrons. The monoisotopic (exact) mass is 495 g/mol. The molecule has 0 fully saturated rings. The highest BCUT2D eigenvalue weighted by molar-refractivity contribution is 6.28. The lowest BCUT2D eigenvalue weighted by atomic mass is 9.97. The van der Waals surface area contributed by atoms with Crippen molar-refractivity contribution < 1.29 is 0 Å². The average molecular weight is 496 g/mol. The van der Waals surface area contributed by atoms with Gasteiger partial charge in [0.25, 0.3) is 0 Å². The van der Waals surface area contributed by atoms with E-state index >= 15 is 0 Å². The van der Waals surface area contributed by atoms with Crippen LogP contribution in [0.5, 0.6) is 0 Å². The maximum absolute atomic E-state index is 5.14. The molecule has 0 radical (unpaired) electrons. The fourth-order valence-electron chi connectivity index (χ4n) is 6.41. The first-order chi connectivity index (χ1) is 19.3. The second-order valence-electron chi connectivity index (χ2n) is 10.2. The minimum atomic E-state index is 0.740. The van der Waals surface area contributed by atoms with E-state index in [0.717, 1.165) is 33.5 Å². The molecule has 0 bridgehead atoms. The number of nitrogens with zero attached hydrogens (tertiary/aromatic N) is 3. The quantitative estimate of drug-likeness (QED) is 0.177. The first-order valence-electron chi connectivity index (χ1n) is 13.3. The molecule has 0 N–H and O–H groups in total. The van der Waals surface area contributed by atoms with Crippen LogP contribution in [-0.2, 0) is 0 Å². The molecule has 6 aromatic carbocycles. The van der Waals surface area contributed by atoms with Crippen LogP contribution < -0.4 is 0 Å². The van der Waals surface area contributed by atoms with E-state index in [2.05, 4.69) is 120 Å². The highest BCUT2D eigenvalue weighted by atomic mass is 14.9. The van der Waals surface area contributed by atoms with Crippen LogP contribution in [0.1, 0.15) is 0 Å². The van der Waals surface area contributed by atoms with Crippen molar-refractivity contribution >= 4 is 59.8 Å². The smallest absolute Gasteiger partial charge is 0.160 e. The van der Waals surface area contributed by atoms with Crippen LogP contribution in [0, 0.1) is 0 Å². The van der Waals surface area contributed by atoms with E-state index in [-0.39, 0.29) is 0 Å². The molecule has 9 rings (SSSR count). The third kappa shape index (κ3) is 2.82. The van der Waals surface area contributed by atoms with Crippen LogP contribution in [0.15, 0.2) is 127 Å². The zero-order valence-electron chi connectivity index (χ0n) is 21.0. The number of para-hydroxylation sites is 2. The summed E-state index contributed by atoms with van der Waals surface area (Å²) in [4.78, 5) is 10.2. The molecule has 0 atom stereocenters. The van der Waals surface area contributed by atoms with Crippen LogP contribution >= 0.6 is 0 Å². The van der Waals surface area contributed by atoms with Crippen molar-refractivity contribution in [3.63, 3.8) is 0 Å². The number of hydrogen-bond donors (Lipinski definition) is 0. The average Bonchev–Trinajstić information content (AvgIpc) is 3.35. The van der Waals surface area contributed by atoms with Gasteiger partial charge in [0.15, 0.2) is 5.82 Å². The van der Waals surface area contributed by atoms with Crippen molar-refractivity contribution in [3.8, 4) is 22.6 Å². The summed E-state index contributed by atoms with van der Waals surface area (Å²) in [6.07, 6.45) is 0. The van der Waals surface area contributed by atoms with Gasteiger partial charge in [-0.3, -0.25) is 0 Å². The summed E-state index contributed by atoms with van der Waals surface area (Å²) in [5.41, 5.74) is 7.73. The van der Waals surface area contributed by atoms with Crippen molar-refractivity contribution in [3.05, 3.63) is 127 Å². The molecule has 3 aromatic heterocycles. The molecule has 0 saturated carbocycles. The highest BCUT2D eigenvalue weighted by Crippen LogP contribution is 2.42. The zero-order chi connectivity index (χ0) is 25.5. The predicted molar refractivity (Wildman–Crippen MR) is 163 cm³/mol. The van der Waals surface area contributed by atoms with Gasteiger partial charge in [-0.1, -0.05) is 97.1 Å². The summed E-state index contributed by atoms with van der Waals surface area (Å²) in [5.74, 6) is 0.740. The molecule has 0 spiro atoms. The van der Waals surface area contributed by atoms with Crippen LogP contribution in [0.3, 0.4) is 0 Å². The Morgan fingerprint density at radius 2 is 1.23 bits per heavy atom. The normalized spacial score (nSPS) is 12.1.